The number of nitrogens with one attached hydrogen (secondary N) is 2. The number of benzene rings is 3. The van der Waals surface area contributed by atoms with Crippen molar-refractivity contribution in [1.82, 2.24) is 4.90 Å². The Balaban J connectivity index is 1.39. The zero-order valence-corrected chi connectivity index (χ0v) is 27.6. The van der Waals surface area contributed by atoms with E-state index in [-0.39, 0.29) is 33.7 Å². The molecule has 1 saturated heterocycles. The highest BCUT2D eigenvalue weighted by Gasteiger charge is 2.36. The number of imide groups is 1. The number of hydrogen-bond donors (Lipinski definition) is 2. The normalized spacial score (nSPS) is 13.6. The van der Waals surface area contributed by atoms with Gasteiger partial charge in [-0.3, -0.25) is 24.1 Å². The van der Waals surface area contributed by atoms with Gasteiger partial charge in [-0.1, -0.05) is 33.6 Å². The molecule has 1 fully saturated rings. The lowest BCUT2D eigenvalue weighted by atomic mass is 10.1. The number of carbonyl (C=O) groups is 5. The lowest BCUT2D eigenvalue weighted by Gasteiger charge is -2.14. The number of anilines is 2. The van der Waals surface area contributed by atoms with Gasteiger partial charge in [0.05, 0.1) is 29.7 Å². The largest absolute Gasteiger partial charge is 0.493 e. The zero-order chi connectivity index (χ0) is 32.8. The van der Waals surface area contributed by atoms with Gasteiger partial charge in [0.25, 0.3) is 17.1 Å². The Kier molecular flexibility index (Phi) is 10.9. The molecule has 234 valence electrons. The molecule has 45 heavy (non-hydrogen) atoms. The molecule has 3 aromatic carbocycles. The molecule has 1 aliphatic rings. The molecule has 0 radical (unpaired) electrons. The lowest BCUT2D eigenvalue weighted by molar-refractivity contribution is -0.127. The van der Waals surface area contributed by atoms with Crippen molar-refractivity contribution in [3.8, 4) is 11.5 Å². The van der Waals surface area contributed by atoms with Gasteiger partial charge in [0.1, 0.15) is 6.54 Å². The minimum absolute atomic E-state index is 0.0482. The number of methoxy groups -OCH3 is 2. The summed E-state index contributed by atoms with van der Waals surface area (Å²) in [4.78, 5) is 63.6. The standard InChI is InChI=1S/C31H27BrClN3O8S/c1-16-17(2)23(9-7-21(16)32)35-28(38)15-44-24-10-5-18(11-25(24)42-3)12-26-29(39)36(31(41)45-26)14-27(37)34-19-6-8-22(33)20(13-19)30(40)43-4/h5-13H,14-15H2,1-4H3,(H,34,37)(H,35,38)/b26-12+. The summed E-state index contributed by atoms with van der Waals surface area (Å²) < 4.78 is 16.7. The molecular weight excluding hydrogens is 690 g/mol. The average Bonchev–Trinajstić information content (AvgIpc) is 3.28. The fourth-order valence-electron chi connectivity index (χ4n) is 4.15. The molecule has 14 heteroatoms. The van der Waals surface area contributed by atoms with E-state index in [1.807, 2.05) is 19.9 Å². The number of ether oxygens (including phenoxy) is 3. The molecule has 2 N–H and O–H groups in total. The molecule has 0 atom stereocenters. The molecule has 0 unspecified atom stereocenters. The van der Waals surface area contributed by atoms with Crippen molar-refractivity contribution in [3.63, 3.8) is 0 Å². The van der Waals surface area contributed by atoms with Crippen LogP contribution in [0.5, 0.6) is 11.5 Å². The van der Waals surface area contributed by atoms with E-state index in [4.69, 9.17) is 21.1 Å². The molecule has 1 aliphatic heterocycles. The first-order valence-corrected chi connectivity index (χ1v) is 15.2. The van der Waals surface area contributed by atoms with Crippen molar-refractivity contribution in [2.75, 3.05) is 38.0 Å². The van der Waals surface area contributed by atoms with E-state index in [1.54, 1.807) is 24.3 Å². The number of thioether (sulfide) groups is 1. The van der Waals surface area contributed by atoms with Crippen LogP contribution in [0.15, 0.2) is 57.9 Å². The van der Waals surface area contributed by atoms with Crippen LogP contribution < -0.4 is 20.1 Å². The van der Waals surface area contributed by atoms with Gasteiger partial charge in [0.15, 0.2) is 18.1 Å². The van der Waals surface area contributed by atoms with Gasteiger partial charge >= 0.3 is 5.97 Å². The van der Waals surface area contributed by atoms with Crippen LogP contribution in [0.3, 0.4) is 0 Å². The summed E-state index contributed by atoms with van der Waals surface area (Å²) in [5, 5.41) is 4.89. The second kappa shape index (κ2) is 14.6. The van der Waals surface area contributed by atoms with E-state index < -0.39 is 29.6 Å². The van der Waals surface area contributed by atoms with E-state index in [1.165, 1.54) is 38.5 Å². The van der Waals surface area contributed by atoms with Crippen molar-refractivity contribution in [2.24, 2.45) is 0 Å². The Morgan fingerprint density at radius 3 is 2.42 bits per heavy atom. The van der Waals surface area contributed by atoms with Gasteiger partial charge in [-0.2, -0.15) is 0 Å². The third kappa shape index (κ3) is 8.04. The summed E-state index contributed by atoms with van der Waals surface area (Å²) in [6, 6.07) is 12.7. The Morgan fingerprint density at radius 2 is 1.71 bits per heavy atom. The van der Waals surface area contributed by atoms with E-state index in [2.05, 4.69) is 31.3 Å². The van der Waals surface area contributed by atoms with Crippen LogP contribution in [-0.2, 0) is 19.1 Å². The first kappa shape index (κ1) is 33.6. The quantitative estimate of drug-likeness (QED) is 0.185. The fourth-order valence-corrected chi connectivity index (χ4v) is 5.61. The third-order valence-electron chi connectivity index (χ3n) is 6.67. The number of rotatable bonds is 10. The van der Waals surface area contributed by atoms with Crippen LogP contribution in [0.4, 0.5) is 16.2 Å². The van der Waals surface area contributed by atoms with Crippen LogP contribution in [0, 0.1) is 13.8 Å². The van der Waals surface area contributed by atoms with Crippen molar-refractivity contribution < 1.29 is 38.2 Å². The maximum Gasteiger partial charge on any atom is 0.339 e. The fraction of sp³-hybridized carbons (Fsp3) is 0.194. The SMILES string of the molecule is COC(=O)c1cc(NC(=O)CN2C(=O)S/C(=C/c3ccc(OCC(=O)Nc4ccc(Br)c(C)c4C)c(OC)c3)C2=O)ccc1Cl. The number of esters is 1. The number of halogens is 2. The molecule has 1 heterocycles. The highest BCUT2D eigenvalue weighted by atomic mass is 79.9. The van der Waals surface area contributed by atoms with Crippen molar-refractivity contribution >= 4 is 85.7 Å². The molecule has 4 amide bonds. The average molecular weight is 717 g/mol. The Morgan fingerprint density at radius 1 is 0.956 bits per heavy atom. The zero-order valence-electron chi connectivity index (χ0n) is 24.5. The molecule has 11 nitrogen and oxygen atoms in total. The smallest absolute Gasteiger partial charge is 0.339 e. The number of amides is 4. The van der Waals surface area contributed by atoms with Crippen LogP contribution in [0.2, 0.25) is 5.02 Å². The summed E-state index contributed by atoms with van der Waals surface area (Å²) in [5.41, 5.74) is 3.43. The van der Waals surface area contributed by atoms with Gasteiger partial charge in [0.2, 0.25) is 5.91 Å². The predicted octanol–water partition coefficient (Wildman–Crippen LogP) is 6.21. The molecule has 0 spiro atoms. The van der Waals surface area contributed by atoms with E-state index in [9.17, 15) is 24.0 Å². The van der Waals surface area contributed by atoms with Crippen LogP contribution in [0.25, 0.3) is 6.08 Å². The molecule has 4 rings (SSSR count). The van der Waals surface area contributed by atoms with Crippen LogP contribution in [0.1, 0.15) is 27.0 Å². The van der Waals surface area contributed by atoms with Gasteiger partial charge in [0, 0.05) is 15.8 Å². The maximum atomic E-state index is 13.0. The summed E-state index contributed by atoms with van der Waals surface area (Å²) in [7, 11) is 2.63. The maximum absolute atomic E-state index is 13.0. The molecule has 0 aromatic heterocycles. The second-order valence-electron chi connectivity index (χ2n) is 9.59. The monoisotopic (exact) mass is 715 g/mol. The van der Waals surface area contributed by atoms with Crippen LogP contribution in [-0.4, -0.2) is 61.2 Å². The van der Waals surface area contributed by atoms with Crippen LogP contribution >= 0.6 is 39.3 Å². The Labute approximate surface area is 276 Å². The van der Waals surface area contributed by atoms with Gasteiger partial charge in [-0.25, -0.2) is 4.79 Å². The third-order valence-corrected chi connectivity index (χ3v) is 8.77. The highest BCUT2D eigenvalue weighted by Crippen LogP contribution is 2.35. The first-order valence-electron chi connectivity index (χ1n) is 13.2. The minimum Gasteiger partial charge on any atom is -0.493 e. The van der Waals surface area contributed by atoms with Crippen molar-refractivity contribution in [2.45, 2.75) is 13.8 Å². The molecule has 3 aromatic rings. The number of hydrogen-bond acceptors (Lipinski definition) is 9. The summed E-state index contributed by atoms with van der Waals surface area (Å²) in [6.07, 6.45) is 1.49. The molecule has 0 saturated carbocycles. The lowest BCUT2D eigenvalue weighted by Crippen LogP contribution is -2.36. The van der Waals surface area contributed by atoms with E-state index in [0.29, 0.717) is 34.5 Å². The van der Waals surface area contributed by atoms with Gasteiger partial charge in [-0.05, 0) is 90.8 Å². The summed E-state index contributed by atoms with van der Waals surface area (Å²) in [6.45, 7) is 3.04. The van der Waals surface area contributed by atoms with Crippen molar-refractivity contribution in [3.05, 3.63) is 85.2 Å². The number of nitrogens with zero attached hydrogens (tertiary/aromatic N) is 1. The highest BCUT2D eigenvalue weighted by molar-refractivity contribution is 9.10. The summed E-state index contributed by atoms with van der Waals surface area (Å²) in [5.74, 6) is -1.74. The van der Waals surface area contributed by atoms with Crippen molar-refractivity contribution in [1.29, 1.82) is 0 Å². The molecule has 0 aliphatic carbocycles. The molecule has 0 bridgehead atoms. The van der Waals surface area contributed by atoms with Gasteiger partial charge < -0.3 is 24.8 Å². The van der Waals surface area contributed by atoms with Gasteiger partial charge in [-0.15, -0.1) is 0 Å². The number of carbonyl (C=O) groups excluding carboxylic acids is 5. The van der Waals surface area contributed by atoms with E-state index in [0.717, 1.165) is 20.5 Å². The Bertz CT molecular complexity index is 1750. The first-order chi connectivity index (χ1) is 21.4. The minimum atomic E-state index is -0.684. The van der Waals surface area contributed by atoms with E-state index >= 15 is 0 Å². The topological polar surface area (TPSA) is 140 Å². The Hall–Kier alpha value is -4.33. The molecular formula is C31H27BrClN3O8S. The second-order valence-corrected chi connectivity index (χ2v) is 11.8. The predicted molar refractivity (Wildman–Crippen MR) is 175 cm³/mol. The summed E-state index contributed by atoms with van der Waals surface area (Å²) >= 11 is 10.2.